The molecule has 1 aromatic heterocycles. The van der Waals surface area contributed by atoms with Gasteiger partial charge in [-0.1, -0.05) is 23.7 Å². The van der Waals surface area contributed by atoms with Crippen LogP contribution in [0, 0.1) is 0 Å². The number of nitrogens with zero attached hydrogens (tertiary/aromatic N) is 4. The summed E-state index contributed by atoms with van der Waals surface area (Å²) in [6.45, 7) is 2.05. The molecule has 6 heteroatoms. The molecule has 1 unspecified atom stereocenters. The number of rotatable bonds is 5. The van der Waals surface area contributed by atoms with E-state index in [2.05, 4.69) is 21.2 Å². The zero-order valence-corrected chi connectivity index (χ0v) is 14.8. The molecule has 25 heavy (non-hydrogen) atoms. The predicted octanol–water partition coefficient (Wildman–Crippen LogP) is 3.68. The number of aromatic nitrogens is 2. The zero-order valence-electron chi connectivity index (χ0n) is 14.1. The fourth-order valence-electron chi connectivity index (χ4n) is 3.19. The van der Waals surface area contributed by atoms with Crippen LogP contribution in [0.4, 0.5) is 0 Å². The van der Waals surface area contributed by atoms with E-state index in [-0.39, 0.29) is 18.8 Å². The van der Waals surface area contributed by atoms with Crippen LogP contribution >= 0.6 is 11.6 Å². The van der Waals surface area contributed by atoms with Crippen molar-refractivity contribution in [2.75, 3.05) is 6.61 Å². The fraction of sp³-hybridized carbons (Fsp3) is 0.368. The lowest BCUT2D eigenvalue weighted by molar-refractivity contribution is 0.152. The predicted molar refractivity (Wildman–Crippen MR) is 99.5 cm³/mol. The second-order valence-corrected chi connectivity index (χ2v) is 7.09. The van der Waals surface area contributed by atoms with E-state index < -0.39 is 0 Å². The summed E-state index contributed by atoms with van der Waals surface area (Å²) in [6, 6.07) is 8.21. The van der Waals surface area contributed by atoms with E-state index in [1.54, 1.807) is 0 Å². The van der Waals surface area contributed by atoms with Crippen LogP contribution in [-0.2, 0) is 0 Å². The Morgan fingerprint density at radius 2 is 2.04 bits per heavy atom. The summed E-state index contributed by atoms with van der Waals surface area (Å²) in [5.41, 5.74) is 3.12. The number of halogens is 1. The van der Waals surface area contributed by atoms with Crippen LogP contribution in [0.15, 0.2) is 47.7 Å². The van der Waals surface area contributed by atoms with Gasteiger partial charge >= 0.3 is 0 Å². The monoisotopic (exact) mass is 356 g/mol. The summed E-state index contributed by atoms with van der Waals surface area (Å²) in [5.74, 6) is 0. The third-order valence-corrected chi connectivity index (χ3v) is 4.97. The average Bonchev–Trinajstić information content (AvgIpc) is 3.38. The van der Waals surface area contributed by atoms with Crippen molar-refractivity contribution in [2.24, 2.45) is 4.99 Å². The smallest absolute Gasteiger partial charge is 0.150 e. The normalized spacial score (nSPS) is 21.3. The molecule has 2 heterocycles. The Hall–Kier alpha value is -2.11. The Bertz CT molecular complexity index is 807. The molecule has 1 N–H and O–H groups in total. The van der Waals surface area contributed by atoms with E-state index in [0.717, 1.165) is 16.8 Å². The topological polar surface area (TPSA) is 53.6 Å². The summed E-state index contributed by atoms with van der Waals surface area (Å²) in [4.78, 5) is 6.82. The fourth-order valence-corrected chi connectivity index (χ4v) is 3.31. The number of hydrogen-bond acceptors (Lipinski definition) is 4. The molecule has 0 bridgehead atoms. The molecule has 130 valence electrons. The molecule has 4 rings (SSSR count). The van der Waals surface area contributed by atoms with Crippen molar-refractivity contribution in [2.45, 2.75) is 38.0 Å². The largest absolute Gasteiger partial charge is 0.394 e. The zero-order chi connectivity index (χ0) is 17.4. The standard InChI is InChI=1S/C19H21ClN4O/c1-13(12-25)24-18(14-2-4-16(20)5-3-14)8-9-21-19(24)15-10-22-23(11-15)17-6-7-17/h2-5,8-11,13,17,19,25H,6-7,12H2,1H3/t13-,19?/m0/s1. The number of benzene rings is 1. The molecule has 1 aliphatic carbocycles. The van der Waals surface area contributed by atoms with Gasteiger partial charge in [-0.2, -0.15) is 5.10 Å². The molecule has 5 nitrogen and oxygen atoms in total. The van der Waals surface area contributed by atoms with Crippen molar-refractivity contribution in [1.82, 2.24) is 14.7 Å². The van der Waals surface area contributed by atoms with Gasteiger partial charge in [-0.05, 0) is 43.5 Å². The van der Waals surface area contributed by atoms with Crippen LogP contribution in [0.2, 0.25) is 5.02 Å². The lowest BCUT2D eigenvalue weighted by Gasteiger charge is -2.38. The van der Waals surface area contributed by atoms with E-state index in [4.69, 9.17) is 11.6 Å². The second-order valence-electron chi connectivity index (χ2n) is 6.65. The molecule has 1 fully saturated rings. The summed E-state index contributed by atoms with van der Waals surface area (Å²) in [5, 5.41) is 15.0. The minimum Gasteiger partial charge on any atom is -0.394 e. The summed E-state index contributed by atoms with van der Waals surface area (Å²) < 4.78 is 2.03. The van der Waals surface area contributed by atoms with Gasteiger partial charge in [0.05, 0.1) is 24.9 Å². The van der Waals surface area contributed by atoms with Gasteiger partial charge in [-0.3, -0.25) is 9.67 Å². The maximum atomic E-state index is 9.80. The van der Waals surface area contributed by atoms with Gasteiger partial charge in [0, 0.05) is 28.7 Å². The minimum absolute atomic E-state index is 0.0493. The van der Waals surface area contributed by atoms with Gasteiger partial charge in [-0.25, -0.2) is 0 Å². The third-order valence-electron chi connectivity index (χ3n) is 4.72. The third kappa shape index (κ3) is 3.22. The van der Waals surface area contributed by atoms with Crippen LogP contribution in [-0.4, -0.2) is 38.7 Å². The van der Waals surface area contributed by atoms with Gasteiger partial charge in [-0.15, -0.1) is 0 Å². The Balaban J connectivity index is 1.70. The van der Waals surface area contributed by atoms with Crippen molar-refractivity contribution in [3.8, 4) is 0 Å². The van der Waals surface area contributed by atoms with Crippen LogP contribution in [0.3, 0.4) is 0 Å². The first-order valence-corrected chi connectivity index (χ1v) is 8.98. The average molecular weight is 357 g/mol. The Labute approximate surface area is 152 Å². The van der Waals surface area contributed by atoms with Crippen LogP contribution in [0.25, 0.3) is 5.70 Å². The molecule has 2 atom stereocenters. The molecule has 2 aromatic rings. The highest BCUT2D eigenvalue weighted by Crippen LogP contribution is 2.38. The summed E-state index contributed by atoms with van der Waals surface area (Å²) in [7, 11) is 0. The molecule has 1 aromatic carbocycles. The second kappa shape index (κ2) is 6.65. The minimum atomic E-state index is -0.190. The summed E-state index contributed by atoms with van der Waals surface area (Å²) in [6.07, 6.45) is 10.00. The van der Waals surface area contributed by atoms with E-state index in [1.807, 2.05) is 54.4 Å². The Kier molecular flexibility index (Phi) is 4.36. The Morgan fingerprint density at radius 3 is 2.72 bits per heavy atom. The van der Waals surface area contributed by atoms with E-state index >= 15 is 0 Å². The molecular formula is C19H21ClN4O. The van der Waals surface area contributed by atoms with E-state index in [9.17, 15) is 5.11 Å². The maximum absolute atomic E-state index is 9.80. The van der Waals surface area contributed by atoms with Gasteiger partial charge in [0.2, 0.25) is 0 Å². The number of aliphatic hydroxyl groups excluding tert-OH is 1. The van der Waals surface area contributed by atoms with Crippen LogP contribution in [0.5, 0.6) is 0 Å². The SMILES string of the molecule is C[C@@H](CO)N1C(c2ccc(Cl)cc2)=CC=NC1c1cnn(C2CC2)c1. The molecule has 0 radical (unpaired) electrons. The molecular weight excluding hydrogens is 336 g/mol. The lowest BCUT2D eigenvalue weighted by atomic mass is 10.0. The molecule has 1 saturated carbocycles. The van der Waals surface area contributed by atoms with Crippen molar-refractivity contribution in [3.05, 3.63) is 58.9 Å². The van der Waals surface area contributed by atoms with Gasteiger partial charge in [0.15, 0.2) is 0 Å². The van der Waals surface area contributed by atoms with Crippen molar-refractivity contribution < 1.29 is 5.11 Å². The molecule has 0 amide bonds. The van der Waals surface area contributed by atoms with Crippen LogP contribution < -0.4 is 0 Å². The number of aliphatic hydroxyl groups is 1. The number of allylic oxidation sites excluding steroid dienone is 1. The number of aliphatic imine (C=N–C) groups is 1. The van der Waals surface area contributed by atoms with E-state index in [1.165, 1.54) is 12.8 Å². The first kappa shape index (κ1) is 16.4. The van der Waals surface area contributed by atoms with Crippen molar-refractivity contribution in [3.63, 3.8) is 0 Å². The first-order valence-electron chi connectivity index (χ1n) is 8.60. The lowest BCUT2D eigenvalue weighted by Crippen LogP contribution is -2.38. The molecule has 1 aliphatic heterocycles. The quantitative estimate of drug-likeness (QED) is 0.889. The molecule has 0 spiro atoms. The highest BCUT2D eigenvalue weighted by molar-refractivity contribution is 6.30. The van der Waals surface area contributed by atoms with Gasteiger partial charge in [0.1, 0.15) is 6.17 Å². The van der Waals surface area contributed by atoms with Crippen molar-refractivity contribution >= 4 is 23.5 Å². The Morgan fingerprint density at radius 1 is 1.28 bits per heavy atom. The number of hydrogen-bond donors (Lipinski definition) is 1. The highest BCUT2D eigenvalue weighted by Gasteiger charge is 2.31. The molecule has 0 saturated heterocycles. The molecule has 2 aliphatic rings. The van der Waals surface area contributed by atoms with Crippen molar-refractivity contribution in [1.29, 1.82) is 0 Å². The van der Waals surface area contributed by atoms with Gasteiger partial charge < -0.3 is 10.0 Å². The highest BCUT2D eigenvalue weighted by atomic mass is 35.5. The summed E-state index contributed by atoms with van der Waals surface area (Å²) >= 11 is 6.03. The first-order chi connectivity index (χ1) is 12.2. The van der Waals surface area contributed by atoms with Gasteiger partial charge in [0.25, 0.3) is 0 Å². The van der Waals surface area contributed by atoms with E-state index in [0.29, 0.717) is 11.1 Å². The van der Waals surface area contributed by atoms with Crippen LogP contribution in [0.1, 0.15) is 43.1 Å². The maximum Gasteiger partial charge on any atom is 0.150 e.